The average Bonchev–Trinajstić information content (AvgIpc) is 3.46. The largest absolute Gasteiger partial charge is 0.370 e. The van der Waals surface area contributed by atoms with Crippen molar-refractivity contribution in [3.05, 3.63) is 34.9 Å². The van der Waals surface area contributed by atoms with Crippen molar-refractivity contribution < 1.29 is 24.6 Å². The Hall–Kier alpha value is -3.71. The highest BCUT2D eigenvalue weighted by atomic mass is 16.5. The van der Waals surface area contributed by atoms with E-state index >= 15 is 0 Å². The molecule has 0 radical (unpaired) electrons. The zero-order chi connectivity index (χ0) is 27.9. The lowest BCUT2D eigenvalue weighted by atomic mass is 9.71. The summed E-state index contributed by atoms with van der Waals surface area (Å²) in [5.74, 6) is -3.82. The molecule has 3 unspecified atom stereocenters. The highest BCUT2D eigenvalue weighted by Crippen LogP contribution is 2.45. The van der Waals surface area contributed by atoms with Gasteiger partial charge in [-0.15, -0.1) is 0 Å². The molecular weight excluding hydrogens is 504 g/mol. The Morgan fingerprint density at radius 3 is 2.59 bits per heavy atom. The number of likely N-dealkylation sites (tertiary alicyclic amines) is 1. The van der Waals surface area contributed by atoms with Crippen LogP contribution in [-0.4, -0.2) is 92.3 Å². The fourth-order valence-corrected chi connectivity index (χ4v) is 7.03. The van der Waals surface area contributed by atoms with E-state index in [9.17, 15) is 24.6 Å². The van der Waals surface area contributed by atoms with Crippen LogP contribution in [0.3, 0.4) is 0 Å². The zero-order valence-corrected chi connectivity index (χ0v) is 22.0. The van der Waals surface area contributed by atoms with Crippen molar-refractivity contribution in [2.75, 3.05) is 13.1 Å². The van der Waals surface area contributed by atoms with Gasteiger partial charge in [-0.25, -0.2) is 9.98 Å². The van der Waals surface area contributed by atoms with Gasteiger partial charge in [0.1, 0.15) is 12.1 Å². The van der Waals surface area contributed by atoms with Crippen LogP contribution in [0.4, 0.5) is 0 Å². The summed E-state index contributed by atoms with van der Waals surface area (Å²) in [7, 11) is 0. The fourth-order valence-electron chi connectivity index (χ4n) is 7.03. The number of nitrogens with two attached hydrogens (primary N) is 2. The second-order valence-electron chi connectivity index (χ2n) is 11.7. The molecule has 4 heterocycles. The van der Waals surface area contributed by atoms with Gasteiger partial charge in [-0.1, -0.05) is 26.0 Å². The van der Waals surface area contributed by atoms with E-state index in [1.165, 1.54) is 4.90 Å². The smallest absolute Gasteiger partial charge is 0.252 e. The first-order valence-corrected chi connectivity index (χ1v) is 13.3. The molecule has 0 saturated carbocycles. The number of fused-ring (bicyclic) bond motifs is 1. The van der Waals surface area contributed by atoms with Gasteiger partial charge in [0.15, 0.2) is 17.6 Å². The number of aliphatic imine (C=N–C) groups is 2. The predicted octanol–water partition coefficient (Wildman–Crippen LogP) is -1.78. The van der Waals surface area contributed by atoms with E-state index in [2.05, 4.69) is 34.5 Å². The van der Waals surface area contributed by atoms with E-state index in [0.29, 0.717) is 5.56 Å². The maximum absolute atomic E-state index is 13.6. The van der Waals surface area contributed by atoms with Gasteiger partial charge in [-0.3, -0.25) is 19.3 Å². The van der Waals surface area contributed by atoms with Crippen molar-refractivity contribution in [3.8, 4) is 0 Å². The molecule has 13 nitrogen and oxygen atoms in total. The number of benzene rings is 1. The SMILES string of the molecule is CC1(C)CCCc2c(C(=O)N[C@H]3CN4C(N)=NC(CN5C(=O)CCC5=O)C5N=C(N)NC54C3(O)O)cccc21. The molecular formula is C26H34N8O5. The standard InChI is InChI=1S/C26H34N8O5/c1-24(2)10-4-6-13-14(5-3-7-15(13)24)21(37)30-17-12-34-23(28)29-16(11-33-18(35)8-9-19(33)36)20-25(34,26(17,38)39)32-22(27)31-20/h3,5,7,16-17,20,38-39H,4,6,8-12H2,1-2H3,(H2,28,29)(H,30,37)(H3,27,31,32)/t16?,17-,20?,25?/m0/s1. The molecule has 4 atom stereocenters. The number of amides is 3. The number of hydrogen-bond donors (Lipinski definition) is 6. The third-order valence-electron chi connectivity index (χ3n) is 9.01. The van der Waals surface area contributed by atoms with Gasteiger partial charge < -0.3 is 37.2 Å². The minimum absolute atomic E-state index is 0.0455. The summed E-state index contributed by atoms with van der Waals surface area (Å²) in [6.07, 6.45) is 2.94. The van der Waals surface area contributed by atoms with Gasteiger partial charge in [0.05, 0.1) is 12.6 Å². The molecule has 2 fully saturated rings. The van der Waals surface area contributed by atoms with E-state index in [1.54, 1.807) is 6.07 Å². The Morgan fingerprint density at radius 1 is 1.15 bits per heavy atom. The number of carbonyl (C=O) groups excluding carboxylic acids is 3. The second-order valence-corrected chi connectivity index (χ2v) is 11.7. The molecule has 8 N–H and O–H groups in total. The number of aliphatic hydroxyl groups is 2. The Kier molecular flexibility index (Phi) is 5.50. The number of nitrogens with one attached hydrogen (secondary N) is 2. The van der Waals surface area contributed by atoms with Gasteiger partial charge in [0.25, 0.3) is 5.91 Å². The second kappa shape index (κ2) is 8.39. The summed E-state index contributed by atoms with van der Waals surface area (Å²) < 4.78 is 0. The summed E-state index contributed by atoms with van der Waals surface area (Å²) in [5, 5.41) is 29.1. The molecule has 1 aliphatic carbocycles. The number of imide groups is 1. The molecule has 1 aromatic rings. The molecule has 1 spiro atoms. The summed E-state index contributed by atoms with van der Waals surface area (Å²) in [6, 6.07) is 2.56. The van der Waals surface area contributed by atoms with E-state index < -0.39 is 35.5 Å². The van der Waals surface area contributed by atoms with E-state index in [4.69, 9.17) is 11.5 Å². The lowest BCUT2D eigenvalue weighted by Crippen LogP contribution is -2.78. The van der Waals surface area contributed by atoms with Gasteiger partial charge >= 0.3 is 0 Å². The minimum atomic E-state index is -2.61. The molecule has 39 heavy (non-hydrogen) atoms. The lowest BCUT2D eigenvalue weighted by Gasteiger charge is -2.49. The first-order valence-electron chi connectivity index (χ1n) is 13.3. The Balaban J connectivity index is 1.32. The molecule has 6 rings (SSSR count). The van der Waals surface area contributed by atoms with Gasteiger partial charge in [-0.05, 0) is 41.9 Å². The van der Waals surface area contributed by atoms with Crippen molar-refractivity contribution in [2.24, 2.45) is 21.5 Å². The van der Waals surface area contributed by atoms with Crippen LogP contribution in [0, 0.1) is 0 Å². The molecule has 5 aliphatic rings. The number of guanidine groups is 2. The minimum Gasteiger partial charge on any atom is -0.370 e. The number of hydrogen-bond acceptors (Lipinski definition) is 11. The predicted molar refractivity (Wildman–Crippen MR) is 140 cm³/mol. The molecule has 3 amide bonds. The van der Waals surface area contributed by atoms with Crippen molar-refractivity contribution >= 4 is 29.6 Å². The number of rotatable bonds is 4. The normalized spacial score (nSPS) is 32.2. The van der Waals surface area contributed by atoms with Crippen LogP contribution in [0.1, 0.15) is 61.0 Å². The molecule has 0 aromatic heterocycles. The third-order valence-corrected chi connectivity index (χ3v) is 9.01. The average molecular weight is 539 g/mol. The van der Waals surface area contributed by atoms with Crippen molar-refractivity contribution in [1.29, 1.82) is 0 Å². The third kappa shape index (κ3) is 3.55. The maximum atomic E-state index is 13.6. The number of carbonyl (C=O) groups is 3. The van der Waals surface area contributed by atoms with Crippen LogP contribution in [0.5, 0.6) is 0 Å². The van der Waals surface area contributed by atoms with Crippen LogP contribution >= 0.6 is 0 Å². The molecule has 4 aliphatic heterocycles. The van der Waals surface area contributed by atoms with Gasteiger partial charge in [-0.2, -0.15) is 0 Å². The van der Waals surface area contributed by atoms with E-state index in [1.807, 2.05) is 12.1 Å². The quantitative estimate of drug-likeness (QED) is 0.190. The van der Waals surface area contributed by atoms with E-state index in [-0.39, 0.29) is 55.1 Å². The highest BCUT2D eigenvalue weighted by Gasteiger charge is 2.73. The number of nitrogens with zero attached hydrogens (tertiary/aromatic N) is 4. The molecule has 208 valence electrons. The summed E-state index contributed by atoms with van der Waals surface area (Å²) >= 11 is 0. The summed E-state index contributed by atoms with van der Waals surface area (Å²) in [6.45, 7) is 4.10. The van der Waals surface area contributed by atoms with Gasteiger partial charge in [0, 0.05) is 24.9 Å². The Morgan fingerprint density at radius 2 is 1.87 bits per heavy atom. The lowest BCUT2D eigenvalue weighted by molar-refractivity contribution is -0.230. The molecule has 2 saturated heterocycles. The summed E-state index contributed by atoms with van der Waals surface area (Å²) in [5.41, 5.74) is 13.1. The summed E-state index contributed by atoms with van der Waals surface area (Å²) in [4.78, 5) is 49.6. The van der Waals surface area contributed by atoms with Crippen LogP contribution in [0.2, 0.25) is 0 Å². The molecule has 0 bridgehead atoms. The topological polar surface area (TPSA) is 199 Å². The van der Waals surface area contributed by atoms with E-state index in [0.717, 1.165) is 35.3 Å². The van der Waals surface area contributed by atoms with Crippen LogP contribution in [0.15, 0.2) is 28.2 Å². The van der Waals surface area contributed by atoms with Crippen molar-refractivity contribution in [1.82, 2.24) is 20.4 Å². The Labute approximate surface area is 225 Å². The Bertz CT molecular complexity index is 1320. The van der Waals surface area contributed by atoms with Crippen LogP contribution < -0.4 is 22.1 Å². The van der Waals surface area contributed by atoms with Crippen molar-refractivity contribution in [3.63, 3.8) is 0 Å². The van der Waals surface area contributed by atoms with Crippen LogP contribution in [0.25, 0.3) is 0 Å². The highest BCUT2D eigenvalue weighted by molar-refractivity contribution is 6.02. The first-order chi connectivity index (χ1) is 18.4. The van der Waals surface area contributed by atoms with Crippen molar-refractivity contribution in [2.45, 2.75) is 80.9 Å². The zero-order valence-electron chi connectivity index (χ0n) is 22.0. The molecule has 1 aromatic carbocycles. The maximum Gasteiger partial charge on any atom is 0.252 e. The monoisotopic (exact) mass is 538 g/mol. The first kappa shape index (κ1) is 25.6. The molecule has 13 heteroatoms. The fraction of sp³-hybridized carbons (Fsp3) is 0.577. The van der Waals surface area contributed by atoms with Gasteiger partial charge in [0.2, 0.25) is 17.6 Å². The van der Waals surface area contributed by atoms with Crippen LogP contribution in [-0.2, 0) is 21.4 Å².